The van der Waals surface area contributed by atoms with Crippen molar-refractivity contribution in [2.75, 3.05) is 0 Å². The third-order valence-electron chi connectivity index (χ3n) is 4.35. The van der Waals surface area contributed by atoms with Gasteiger partial charge in [0, 0.05) is 23.8 Å². The third-order valence-corrected chi connectivity index (χ3v) is 7.28. The van der Waals surface area contributed by atoms with E-state index >= 15 is 0 Å². The van der Waals surface area contributed by atoms with Gasteiger partial charge in [0.2, 0.25) is 15.9 Å². The van der Waals surface area contributed by atoms with E-state index in [1.807, 2.05) is 12.1 Å². The van der Waals surface area contributed by atoms with Crippen LogP contribution >= 0.6 is 11.3 Å². The number of nitrogens with two attached hydrogens (primary N) is 1. The smallest absolute Gasteiger partial charge is 0.250 e. The molecule has 1 aliphatic rings. The maximum Gasteiger partial charge on any atom is 0.250 e. The van der Waals surface area contributed by atoms with Gasteiger partial charge in [-0.25, -0.2) is 13.1 Å². The quantitative estimate of drug-likeness (QED) is 0.658. The highest BCUT2D eigenvalue weighted by Crippen LogP contribution is 2.33. The molecule has 0 radical (unpaired) electrons. The first kappa shape index (κ1) is 18.0. The zero-order valence-electron chi connectivity index (χ0n) is 13.3. The molecule has 2 aromatic rings. The standard InChI is InChI=1S/C16H19N3O4S2/c17-16(21)12-8-15(24-9-12)25(22,23)19-14(11-6-13(20)7-11)5-10-1-3-18-4-2-10/h1-4,8-9,11,13-14,19-20H,5-7H2,(H2,17,21)/t11?,13?,14-/m1/s1. The van der Waals surface area contributed by atoms with Gasteiger partial charge in [0.1, 0.15) is 4.21 Å². The van der Waals surface area contributed by atoms with Gasteiger partial charge in [0.05, 0.1) is 11.7 Å². The van der Waals surface area contributed by atoms with E-state index in [4.69, 9.17) is 5.73 Å². The molecule has 1 amide bonds. The van der Waals surface area contributed by atoms with Crippen molar-refractivity contribution in [1.29, 1.82) is 0 Å². The molecule has 3 rings (SSSR count). The van der Waals surface area contributed by atoms with Crippen LogP contribution in [-0.2, 0) is 16.4 Å². The molecule has 7 nitrogen and oxygen atoms in total. The van der Waals surface area contributed by atoms with Crippen molar-refractivity contribution in [3.05, 3.63) is 47.1 Å². The Balaban J connectivity index is 1.79. The molecule has 0 spiro atoms. The Bertz CT molecular complexity index is 845. The van der Waals surface area contributed by atoms with Crippen molar-refractivity contribution in [1.82, 2.24) is 9.71 Å². The Kier molecular flexibility index (Phi) is 5.19. The summed E-state index contributed by atoms with van der Waals surface area (Å²) in [6.45, 7) is 0. The molecular formula is C16H19N3O4S2. The number of thiophene rings is 1. The maximum atomic E-state index is 12.7. The van der Waals surface area contributed by atoms with Gasteiger partial charge in [-0.1, -0.05) is 0 Å². The number of pyridine rings is 1. The van der Waals surface area contributed by atoms with Crippen LogP contribution in [0.4, 0.5) is 0 Å². The summed E-state index contributed by atoms with van der Waals surface area (Å²) in [6.07, 6.45) is 4.58. The summed E-state index contributed by atoms with van der Waals surface area (Å²) in [6, 6.07) is 4.63. The number of amides is 1. The minimum Gasteiger partial charge on any atom is -0.393 e. The van der Waals surface area contributed by atoms with Gasteiger partial charge in [-0.2, -0.15) is 0 Å². The largest absolute Gasteiger partial charge is 0.393 e. The Morgan fingerprint density at radius 2 is 2.08 bits per heavy atom. The van der Waals surface area contributed by atoms with Gasteiger partial charge in [-0.15, -0.1) is 11.3 Å². The van der Waals surface area contributed by atoms with E-state index in [0.717, 1.165) is 16.9 Å². The van der Waals surface area contributed by atoms with Crippen LogP contribution in [0.25, 0.3) is 0 Å². The summed E-state index contributed by atoms with van der Waals surface area (Å²) in [7, 11) is -3.77. The molecule has 0 bridgehead atoms. The normalized spacial score (nSPS) is 21.5. The van der Waals surface area contributed by atoms with Gasteiger partial charge >= 0.3 is 0 Å². The number of carbonyl (C=O) groups excluding carboxylic acids is 1. The lowest BCUT2D eigenvalue weighted by Crippen LogP contribution is -2.48. The number of nitrogens with one attached hydrogen (secondary N) is 1. The highest BCUT2D eigenvalue weighted by Gasteiger charge is 2.36. The first-order valence-corrected chi connectivity index (χ1v) is 10.2. The lowest BCUT2D eigenvalue weighted by molar-refractivity contribution is 0.0283. The second-order valence-electron chi connectivity index (χ2n) is 6.19. The number of rotatable bonds is 7. The predicted molar refractivity (Wildman–Crippen MR) is 93.6 cm³/mol. The first-order chi connectivity index (χ1) is 11.8. The van der Waals surface area contributed by atoms with E-state index in [1.54, 1.807) is 12.4 Å². The number of aliphatic hydroxyl groups is 1. The topological polar surface area (TPSA) is 122 Å². The van der Waals surface area contributed by atoms with E-state index in [0.29, 0.717) is 19.3 Å². The third kappa shape index (κ3) is 4.24. The van der Waals surface area contributed by atoms with E-state index in [-0.39, 0.29) is 27.8 Å². The Labute approximate surface area is 150 Å². The number of nitrogens with zero attached hydrogens (tertiary/aromatic N) is 1. The molecule has 0 saturated heterocycles. The van der Waals surface area contributed by atoms with Crippen molar-refractivity contribution < 1.29 is 18.3 Å². The molecule has 0 aliphatic heterocycles. The van der Waals surface area contributed by atoms with Crippen LogP contribution in [0.15, 0.2) is 40.2 Å². The average Bonchev–Trinajstić information content (AvgIpc) is 3.03. The van der Waals surface area contributed by atoms with Gasteiger partial charge in [-0.05, 0) is 48.9 Å². The molecule has 1 fully saturated rings. The number of aliphatic hydroxyl groups excluding tert-OH is 1. The average molecular weight is 381 g/mol. The fourth-order valence-corrected chi connectivity index (χ4v) is 5.37. The molecule has 134 valence electrons. The van der Waals surface area contributed by atoms with Crippen LogP contribution in [0.3, 0.4) is 0 Å². The second-order valence-corrected chi connectivity index (χ2v) is 9.04. The molecule has 0 unspecified atom stereocenters. The Morgan fingerprint density at radius 3 is 2.64 bits per heavy atom. The Morgan fingerprint density at radius 1 is 1.40 bits per heavy atom. The van der Waals surface area contributed by atoms with Gasteiger partial charge in [0.15, 0.2) is 0 Å². The molecule has 2 heterocycles. The first-order valence-electron chi connectivity index (χ1n) is 7.83. The molecule has 1 aliphatic carbocycles. The van der Waals surface area contributed by atoms with Crippen LogP contribution in [0.1, 0.15) is 28.8 Å². The summed E-state index contributed by atoms with van der Waals surface area (Å²) < 4.78 is 28.1. The number of aromatic nitrogens is 1. The number of hydrogen-bond acceptors (Lipinski definition) is 6. The molecule has 1 saturated carbocycles. The maximum absolute atomic E-state index is 12.7. The van der Waals surface area contributed by atoms with Crippen LogP contribution in [0, 0.1) is 5.92 Å². The summed E-state index contributed by atoms with van der Waals surface area (Å²) in [5.41, 5.74) is 6.33. The van der Waals surface area contributed by atoms with Crippen LogP contribution in [0.5, 0.6) is 0 Å². The van der Waals surface area contributed by atoms with Crippen LogP contribution < -0.4 is 10.5 Å². The minimum atomic E-state index is -3.77. The molecule has 2 aromatic heterocycles. The number of hydrogen-bond donors (Lipinski definition) is 3. The molecule has 9 heteroatoms. The van der Waals surface area contributed by atoms with Crippen molar-refractivity contribution >= 4 is 27.3 Å². The monoisotopic (exact) mass is 381 g/mol. The van der Waals surface area contributed by atoms with Crippen molar-refractivity contribution in [2.24, 2.45) is 11.7 Å². The highest BCUT2D eigenvalue weighted by molar-refractivity contribution is 7.91. The summed E-state index contributed by atoms with van der Waals surface area (Å²) in [4.78, 5) is 15.1. The zero-order valence-corrected chi connectivity index (χ0v) is 15.0. The van der Waals surface area contributed by atoms with Crippen LogP contribution in [0.2, 0.25) is 0 Å². The SMILES string of the molecule is NC(=O)c1csc(S(=O)(=O)N[C@H](Cc2ccncc2)C2CC(O)C2)c1. The lowest BCUT2D eigenvalue weighted by atomic mass is 9.76. The van der Waals surface area contributed by atoms with E-state index in [1.165, 1.54) is 11.4 Å². The van der Waals surface area contributed by atoms with E-state index in [2.05, 4.69) is 9.71 Å². The molecule has 1 atom stereocenters. The van der Waals surface area contributed by atoms with Crippen LogP contribution in [-0.4, -0.2) is 36.6 Å². The van der Waals surface area contributed by atoms with E-state index < -0.39 is 15.9 Å². The van der Waals surface area contributed by atoms with Crippen molar-refractivity contribution in [3.63, 3.8) is 0 Å². The van der Waals surface area contributed by atoms with Gasteiger partial charge in [0.25, 0.3) is 0 Å². The number of carbonyl (C=O) groups is 1. The van der Waals surface area contributed by atoms with Gasteiger partial charge in [-0.3, -0.25) is 9.78 Å². The zero-order chi connectivity index (χ0) is 18.0. The van der Waals surface area contributed by atoms with Crippen molar-refractivity contribution in [2.45, 2.75) is 35.6 Å². The molecular weight excluding hydrogens is 362 g/mol. The fraction of sp³-hybridized carbons (Fsp3) is 0.375. The summed E-state index contributed by atoms with van der Waals surface area (Å²) >= 11 is 0.960. The van der Waals surface area contributed by atoms with E-state index in [9.17, 15) is 18.3 Å². The second kappa shape index (κ2) is 7.20. The molecule has 4 N–H and O–H groups in total. The minimum absolute atomic E-state index is 0.0564. The van der Waals surface area contributed by atoms with Gasteiger partial charge < -0.3 is 10.8 Å². The number of sulfonamides is 1. The highest BCUT2D eigenvalue weighted by atomic mass is 32.2. The summed E-state index contributed by atoms with van der Waals surface area (Å²) in [5, 5.41) is 11.0. The summed E-state index contributed by atoms with van der Waals surface area (Å²) in [5.74, 6) is -0.596. The lowest BCUT2D eigenvalue weighted by Gasteiger charge is -2.38. The van der Waals surface area contributed by atoms with Crippen molar-refractivity contribution in [3.8, 4) is 0 Å². The predicted octanol–water partition coefficient (Wildman–Crippen LogP) is 0.902. The molecule has 0 aromatic carbocycles. The molecule has 25 heavy (non-hydrogen) atoms. The number of primary amides is 1. The fourth-order valence-electron chi connectivity index (χ4n) is 2.88. The Hall–Kier alpha value is -1.81.